The summed E-state index contributed by atoms with van der Waals surface area (Å²) in [6.45, 7) is 0. The second kappa shape index (κ2) is 5.67. The van der Waals surface area contributed by atoms with Crippen LogP contribution in [0.2, 0.25) is 0 Å². The minimum Gasteiger partial charge on any atom is -0.414 e. The molecule has 0 atom stereocenters. The molecule has 1 aromatic carbocycles. The van der Waals surface area contributed by atoms with E-state index in [0.29, 0.717) is 12.2 Å². The molecule has 1 aromatic rings. The number of rotatable bonds is 3. The van der Waals surface area contributed by atoms with Crippen LogP contribution in [-0.4, -0.2) is 26.8 Å². The van der Waals surface area contributed by atoms with Gasteiger partial charge in [0.2, 0.25) is 0 Å². The van der Waals surface area contributed by atoms with Gasteiger partial charge in [-0.3, -0.25) is 0 Å². The molecule has 19 heavy (non-hydrogen) atoms. The maximum atomic E-state index is 5.14. The van der Waals surface area contributed by atoms with Crippen LogP contribution in [-0.2, 0) is 6.42 Å². The highest BCUT2D eigenvalue weighted by atomic mass is 35.5. The summed E-state index contributed by atoms with van der Waals surface area (Å²) in [7, 11) is 1.58. The Morgan fingerprint density at radius 1 is 1.16 bits per heavy atom. The molecule has 0 radical (unpaired) electrons. The number of halogens is 1. The molecule has 0 spiro atoms. The molecule has 0 fully saturated rings. The van der Waals surface area contributed by atoms with Crippen LogP contribution in [0, 0.1) is 0 Å². The lowest BCUT2D eigenvalue weighted by atomic mass is 10.1. The van der Waals surface area contributed by atoms with Gasteiger partial charge >= 0.3 is 0 Å². The highest BCUT2D eigenvalue weighted by molar-refractivity contribution is 5.85. The smallest absolute Gasteiger partial charge is 0.199 e. The fourth-order valence-electron chi connectivity index (χ4n) is 1.85. The van der Waals surface area contributed by atoms with E-state index in [1.165, 1.54) is 10.3 Å². The Morgan fingerprint density at radius 3 is 2.68 bits per heavy atom. The number of aromatic nitrogens is 4. The lowest BCUT2D eigenvalue weighted by Crippen LogP contribution is -2.10. The second-order valence-corrected chi connectivity index (χ2v) is 3.91. The predicted molar refractivity (Wildman–Crippen MR) is 73.4 cm³/mol. The van der Waals surface area contributed by atoms with E-state index in [-0.39, 0.29) is 12.4 Å². The molecule has 0 amide bonds. The molecule has 0 aromatic heterocycles. The molecule has 3 rings (SSSR count). The molecule has 0 aliphatic carbocycles. The standard InChI is InChI=1S/C13H12N4O.ClH/c1-18-17-9-14-8-11-13(17)16-12(15-11)7-10-5-3-2-4-6-10;/h2-6,8-9H,7H2,1H3;1H. The Morgan fingerprint density at radius 2 is 1.95 bits per heavy atom. The molecule has 0 bridgehead atoms. The number of hydrogen-bond acceptors (Lipinski definition) is 4. The fraction of sp³-hybridized carbons (Fsp3) is 0.154. The first-order valence-corrected chi connectivity index (χ1v) is 5.64. The lowest BCUT2D eigenvalue weighted by molar-refractivity contribution is 0.164. The number of benzene rings is 1. The molecule has 0 saturated heterocycles. The number of nitrogens with zero attached hydrogens (tertiary/aromatic N) is 4. The predicted octanol–water partition coefficient (Wildman–Crippen LogP) is 1.85. The monoisotopic (exact) mass is 276 g/mol. The topological polar surface area (TPSA) is 52.8 Å². The van der Waals surface area contributed by atoms with Gasteiger partial charge in [-0.2, -0.15) is 4.73 Å². The minimum atomic E-state index is 0. The SMILES string of the molecule is COn1cncc2nc(Cc3ccccc3)nc1-2.Cl. The third kappa shape index (κ3) is 2.66. The maximum absolute atomic E-state index is 5.14. The average molecular weight is 277 g/mol. The molecular formula is C13H13ClN4O. The zero-order chi connectivity index (χ0) is 12.4. The van der Waals surface area contributed by atoms with Crippen molar-refractivity contribution in [2.45, 2.75) is 6.42 Å². The molecule has 0 saturated carbocycles. The first-order valence-electron chi connectivity index (χ1n) is 5.64. The second-order valence-electron chi connectivity index (χ2n) is 3.91. The fourth-order valence-corrected chi connectivity index (χ4v) is 1.85. The van der Waals surface area contributed by atoms with Crippen LogP contribution in [0.4, 0.5) is 0 Å². The third-order valence-corrected chi connectivity index (χ3v) is 2.69. The van der Waals surface area contributed by atoms with Crippen molar-refractivity contribution in [3.63, 3.8) is 0 Å². The van der Waals surface area contributed by atoms with E-state index in [2.05, 4.69) is 27.1 Å². The van der Waals surface area contributed by atoms with Crippen LogP contribution in [0.15, 0.2) is 42.9 Å². The van der Waals surface area contributed by atoms with Crippen molar-refractivity contribution in [2.24, 2.45) is 0 Å². The van der Waals surface area contributed by atoms with Crippen molar-refractivity contribution in [3.8, 4) is 11.5 Å². The first kappa shape index (κ1) is 13.3. The summed E-state index contributed by atoms with van der Waals surface area (Å²) in [5.74, 6) is 1.47. The van der Waals surface area contributed by atoms with E-state index in [4.69, 9.17) is 4.84 Å². The van der Waals surface area contributed by atoms with Crippen LogP contribution >= 0.6 is 12.4 Å². The first-order chi connectivity index (χ1) is 8.86. The normalized spacial score (nSPS) is 10.2. The van der Waals surface area contributed by atoms with E-state index in [1.54, 1.807) is 19.6 Å². The van der Waals surface area contributed by atoms with Crippen molar-refractivity contribution < 1.29 is 4.84 Å². The molecular weight excluding hydrogens is 264 g/mol. The molecule has 0 unspecified atom stereocenters. The van der Waals surface area contributed by atoms with Gasteiger partial charge < -0.3 is 4.84 Å². The van der Waals surface area contributed by atoms with Crippen LogP contribution in [0.5, 0.6) is 0 Å². The number of fused-ring (bicyclic) bond motifs is 1. The van der Waals surface area contributed by atoms with E-state index in [9.17, 15) is 0 Å². The summed E-state index contributed by atoms with van der Waals surface area (Å²) in [6.07, 6.45) is 3.97. The van der Waals surface area contributed by atoms with Crippen LogP contribution in [0.25, 0.3) is 11.5 Å². The van der Waals surface area contributed by atoms with E-state index >= 15 is 0 Å². The average Bonchev–Trinajstić information content (AvgIpc) is 2.82. The molecule has 2 aliphatic heterocycles. The zero-order valence-electron chi connectivity index (χ0n) is 10.4. The van der Waals surface area contributed by atoms with Crippen molar-refractivity contribution in [1.82, 2.24) is 19.7 Å². The van der Waals surface area contributed by atoms with Gasteiger partial charge in [-0.1, -0.05) is 30.3 Å². The van der Waals surface area contributed by atoms with Gasteiger partial charge in [-0.05, 0) is 5.56 Å². The van der Waals surface area contributed by atoms with Gasteiger partial charge in [0.1, 0.15) is 25.0 Å². The van der Waals surface area contributed by atoms with Gasteiger partial charge in [-0.25, -0.2) is 15.0 Å². The number of imidazole rings is 1. The molecule has 98 valence electrons. The van der Waals surface area contributed by atoms with Gasteiger partial charge in [0.25, 0.3) is 0 Å². The Hall–Kier alpha value is -2.14. The minimum absolute atomic E-state index is 0. The Bertz CT molecular complexity index is 626. The summed E-state index contributed by atoms with van der Waals surface area (Å²) in [6, 6.07) is 10.1. The summed E-state index contributed by atoms with van der Waals surface area (Å²) in [5.41, 5.74) is 1.93. The van der Waals surface area contributed by atoms with Gasteiger partial charge in [0.15, 0.2) is 5.82 Å². The van der Waals surface area contributed by atoms with E-state index < -0.39 is 0 Å². The quantitative estimate of drug-likeness (QED) is 0.733. The van der Waals surface area contributed by atoms with Crippen molar-refractivity contribution in [3.05, 3.63) is 54.2 Å². The van der Waals surface area contributed by atoms with Crippen molar-refractivity contribution in [2.75, 3.05) is 7.11 Å². The molecule has 0 N–H and O–H groups in total. The lowest BCUT2D eigenvalue weighted by Gasteiger charge is -2.05. The van der Waals surface area contributed by atoms with Crippen molar-refractivity contribution in [1.29, 1.82) is 0 Å². The van der Waals surface area contributed by atoms with Crippen LogP contribution < -0.4 is 4.84 Å². The molecule has 2 aliphatic rings. The molecule has 2 heterocycles. The van der Waals surface area contributed by atoms with Gasteiger partial charge in [-0.15, -0.1) is 12.4 Å². The summed E-state index contributed by atoms with van der Waals surface area (Å²) < 4.78 is 1.51. The van der Waals surface area contributed by atoms with Gasteiger partial charge in [0, 0.05) is 6.42 Å². The van der Waals surface area contributed by atoms with Gasteiger partial charge in [0.05, 0.1) is 6.20 Å². The van der Waals surface area contributed by atoms with E-state index in [0.717, 1.165) is 11.5 Å². The maximum Gasteiger partial charge on any atom is 0.199 e. The number of hydrogen-bond donors (Lipinski definition) is 0. The summed E-state index contributed by atoms with van der Waals surface area (Å²) >= 11 is 0. The zero-order valence-corrected chi connectivity index (χ0v) is 11.2. The summed E-state index contributed by atoms with van der Waals surface area (Å²) in [5, 5.41) is 0. The molecule has 5 nitrogen and oxygen atoms in total. The summed E-state index contributed by atoms with van der Waals surface area (Å²) in [4.78, 5) is 18.1. The largest absolute Gasteiger partial charge is 0.414 e. The third-order valence-electron chi connectivity index (χ3n) is 2.69. The van der Waals surface area contributed by atoms with Crippen molar-refractivity contribution >= 4 is 12.4 Å². The van der Waals surface area contributed by atoms with E-state index in [1.807, 2.05) is 18.2 Å². The Labute approximate surface area is 117 Å². The Balaban J connectivity index is 0.00000133. The van der Waals surface area contributed by atoms with Crippen LogP contribution in [0.3, 0.4) is 0 Å². The van der Waals surface area contributed by atoms with Crippen LogP contribution in [0.1, 0.15) is 11.4 Å². The molecule has 6 heteroatoms. The highest BCUT2D eigenvalue weighted by Crippen LogP contribution is 2.17. The Kier molecular flexibility index (Phi) is 3.97. The highest BCUT2D eigenvalue weighted by Gasteiger charge is 2.15.